The molecule has 0 bridgehead atoms. The molecule has 76 valence electrons. The van der Waals surface area contributed by atoms with Gasteiger partial charge < -0.3 is 9.40 Å². The molecule has 2 aromatic heterocycles. The van der Waals surface area contributed by atoms with Crippen molar-refractivity contribution >= 4 is 5.78 Å². The first-order valence-electron chi connectivity index (χ1n) is 4.46. The lowest BCUT2D eigenvalue weighted by Gasteiger charge is -1.98. The number of ketones is 1. The Kier molecular flexibility index (Phi) is 2.25. The highest BCUT2D eigenvalue weighted by molar-refractivity contribution is 5.93. The second-order valence-electron chi connectivity index (χ2n) is 3.15. The molecule has 0 saturated heterocycles. The predicted octanol–water partition coefficient (Wildman–Crippen LogP) is 1.84. The Balaban J connectivity index is 2.52. The molecule has 4 nitrogen and oxygen atoms in total. The van der Waals surface area contributed by atoms with Gasteiger partial charge in [-0.25, -0.2) is 0 Å². The molecular formula is C11H9NO3. The summed E-state index contributed by atoms with van der Waals surface area (Å²) in [5.41, 5.74) is 0.330. The molecule has 2 aromatic rings. The van der Waals surface area contributed by atoms with Gasteiger partial charge in [0.05, 0.1) is 17.5 Å². The van der Waals surface area contributed by atoms with Crippen LogP contribution in [0.15, 0.2) is 39.7 Å². The van der Waals surface area contributed by atoms with Crippen LogP contribution in [0, 0.1) is 0 Å². The average molecular weight is 203 g/mol. The topological polar surface area (TPSA) is 63.1 Å². The van der Waals surface area contributed by atoms with Gasteiger partial charge in [-0.2, -0.15) is 0 Å². The maximum Gasteiger partial charge on any atom is 0.259 e. The highest BCUT2D eigenvalue weighted by Crippen LogP contribution is 2.15. The van der Waals surface area contributed by atoms with Gasteiger partial charge in [0.2, 0.25) is 0 Å². The van der Waals surface area contributed by atoms with E-state index in [9.17, 15) is 9.59 Å². The summed E-state index contributed by atoms with van der Waals surface area (Å²) in [4.78, 5) is 25.1. The first kappa shape index (κ1) is 9.45. The number of rotatable bonds is 2. The van der Waals surface area contributed by atoms with E-state index >= 15 is 0 Å². The van der Waals surface area contributed by atoms with Crippen LogP contribution < -0.4 is 5.56 Å². The van der Waals surface area contributed by atoms with Crippen molar-refractivity contribution in [2.75, 3.05) is 0 Å². The zero-order valence-corrected chi connectivity index (χ0v) is 8.11. The summed E-state index contributed by atoms with van der Waals surface area (Å²) in [6, 6.07) is 6.61. The van der Waals surface area contributed by atoms with Crippen LogP contribution in [0.1, 0.15) is 17.3 Å². The summed E-state index contributed by atoms with van der Waals surface area (Å²) in [6.07, 6.45) is 1.52. The molecule has 2 rings (SSSR count). The molecule has 0 spiro atoms. The molecule has 1 N–H and O–H groups in total. The standard InChI is InChI=1S/C11H9NO3/c1-7(13)8-4-5-9(12-11(8)14)10-3-2-6-15-10/h2-6H,1H3,(H,12,14). The van der Waals surface area contributed by atoms with Crippen molar-refractivity contribution in [1.29, 1.82) is 0 Å². The lowest BCUT2D eigenvalue weighted by molar-refractivity contribution is 0.101. The minimum absolute atomic E-state index is 0.158. The molecule has 2 heterocycles. The van der Waals surface area contributed by atoms with Crippen LogP contribution in [0.3, 0.4) is 0 Å². The number of carbonyl (C=O) groups excluding carboxylic acids is 1. The molecule has 0 aliphatic rings. The van der Waals surface area contributed by atoms with E-state index < -0.39 is 5.56 Å². The van der Waals surface area contributed by atoms with Crippen molar-refractivity contribution in [3.05, 3.63) is 46.4 Å². The molecule has 0 radical (unpaired) electrons. The minimum Gasteiger partial charge on any atom is -0.463 e. The zero-order chi connectivity index (χ0) is 10.8. The average Bonchev–Trinajstić information content (AvgIpc) is 2.69. The summed E-state index contributed by atoms with van der Waals surface area (Å²) < 4.78 is 5.12. The van der Waals surface area contributed by atoms with E-state index in [0.29, 0.717) is 11.5 Å². The Hall–Kier alpha value is -2.10. The Bertz CT molecular complexity index is 537. The second kappa shape index (κ2) is 3.57. The molecule has 0 aliphatic carbocycles. The fraction of sp³-hybridized carbons (Fsp3) is 0.0909. The van der Waals surface area contributed by atoms with E-state index in [1.807, 2.05) is 0 Å². The van der Waals surface area contributed by atoms with E-state index in [0.717, 1.165) is 0 Å². The quantitative estimate of drug-likeness (QED) is 0.757. The Morgan fingerprint density at radius 3 is 2.67 bits per heavy atom. The third-order valence-corrected chi connectivity index (χ3v) is 2.08. The van der Waals surface area contributed by atoms with Crippen molar-refractivity contribution in [3.63, 3.8) is 0 Å². The van der Waals surface area contributed by atoms with Gasteiger partial charge in [0, 0.05) is 0 Å². The van der Waals surface area contributed by atoms with E-state index in [1.165, 1.54) is 19.3 Å². The van der Waals surface area contributed by atoms with Gasteiger partial charge in [-0.3, -0.25) is 9.59 Å². The Morgan fingerprint density at radius 2 is 2.13 bits per heavy atom. The van der Waals surface area contributed by atoms with Crippen LogP contribution in [-0.4, -0.2) is 10.8 Å². The Morgan fingerprint density at radius 1 is 1.33 bits per heavy atom. The fourth-order valence-corrected chi connectivity index (χ4v) is 1.33. The molecule has 0 aliphatic heterocycles. The summed E-state index contributed by atoms with van der Waals surface area (Å²) in [5, 5.41) is 0. The largest absolute Gasteiger partial charge is 0.463 e. The molecule has 0 saturated carbocycles. The summed E-state index contributed by atoms with van der Waals surface area (Å²) in [7, 11) is 0. The van der Waals surface area contributed by atoms with Gasteiger partial charge in [0.25, 0.3) is 5.56 Å². The summed E-state index contributed by atoms with van der Waals surface area (Å²) in [5.74, 6) is 0.324. The van der Waals surface area contributed by atoms with Crippen molar-refractivity contribution in [2.24, 2.45) is 0 Å². The van der Waals surface area contributed by atoms with Crippen LogP contribution in [0.5, 0.6) is 0 Å². The van der Waals surface area contributed by atoms with Gasteiger partial charge >= 0.3 is 0 Å². The van der Waals surface area contributed by atoms with Gasteiger partial charge in [-0.05, 0) is 31.2 Å². The first-order valence-corrected chi connectivity index (χ1v) is 4.46. The number of aromatic amines is 1. The number of carbonyl (C=O) groups is 1. The lowest BCUT2D eigenvalue weighted by atomic mass is 10.2. The van der Waals surface area contributed by atoms with Crippen LogP contribution >= 0.6 is 0 Å². The van der Waals surface area contributed by atoms with E-state index in [-0.39, 0.29) is 11.3 Å². The predicted molar refractivity (Wildman–Crippen MR) is 54.8 cm³/mol. The maximum atomic E-state index is 11.5. The Labute approximate surface area is 85.6 Å². The lowest BCUT2D eigenvalue weighted by Crippen LogP contribution is -2.15. The smallest absolute Gasteiger partial charge is 0.259 e. The van der Waals surface area contributed by atoms with Crippen LogP contribution in [0.4, 0.5) is 0 Å². The summed E-state index contributed by atoms with van der Waals surface area (Å²) >= 11 is 0. The molecule has 4 heteroatoms. The molecule has 0 aromatic carbocycles. The van der Waals surface area contributed by atoms with E-state index in [1.54, 1.807) is 18.2 Å². The van der Waals surface area contributed by atoms with Crippen LogP contribution in [0.25, 0.3) is 11.5 Å². The third-order valence-electron chi connectivity index (χ3n) is 2.08. The van der Waals surface area contributed by atoms with Crippen molar-refractivity contribution < 1.29 is 9.21 Å². The van der Waals surface area contributed by atoms with Gasteiger partial charge in [0.15, 0.2) is 5.78 Å². The number of furan rings is 1. The molecule has 0 atom stereocenters. The normalized spacial score (nSPS) is 10.2. The molecule has 0 fully saturated rings. The SMILES string of the molecule is CC(=O)c1ccc(-c2ccco2)[nH]c1=O. The third kappa shape index (κ3) is 1.74. The molecular weight excluding hydrogens is 194 g/mol. The minimum atomic E-state index is -0.392. The van der Waals surface area contributed by atoms with Gasteiger partial charge in [-0.1, -0.05) is 0 Å². The molecule has 0 amide bonds. The van der Waals surface area contributed by atoms with Crippen molar-refractivity contribution in [1.82, 2.24) is 4.98 Å². The number of hydrogen-bond acceptors (Lipinski definition) is 3. The molecule has 0 unspecified atom stereocenters. The number of Topliss-reactive ketones (excluding diaryl/α,β-unsaturated/α-hetero) is 1. The summed E-state index contributed by atoms with van der Waals surface area (Å²) in [6.45, 7) is 1.36. The van der Waals surface area contributed by atoms with Gasteiger partial charge in [-0.15, -0.1) is 0 Å². The highest BCUT2D eigenvalue weighted by Gasteiger charge is 2.07. The zero-order valence-electron chi connectivity index (χ0n) is 8.11. The number of hydrogen-bond donors (Lipinski definition) is 1. The number of H-pyrrole nitrogens is 1. The number of nitrogens with one attached hydrogen (secondary N) is 1. The highest BCUT2D eigenvalue weighted by atomic mass is 16.3. The first-order chi connectivity index (χ1) is 7.18. The monoisotopic (exact) mass is 203 g/mol. The van der Waals surface area contributed by atoms with Crippen molar-refractivity contribution in [2.45, 2.75) is 6.92 Å². The van der Waals surface area contributed by atoms with E-state index in [2.05, 4.69) is 4.98 Å². The second-order valence-corrected chi connectivity index (χ2v) is 3.15. The van der Waals surface area contributed by atoms with Crippen LogP contribution in [-0.2, 0) is 0 Å². The molecule has 15 heavy (non-hydrogen) atoms. The number of aromatic nitrogens is 1. The van der Waals surface area contributed by atoms with Crippen LogP contribution in [0.2, 0.25) is 0 Å². The van der Waals surface area contributed by atoms with Gasteiger partial charge in [0.1, 0.15) is 5.76 Å². The van der Waals surface area contributed by atoms with Crippen molar-refractivity contribution in [3.8, 4) is 11.5 Å². The van der Waals surface area contributed by atoms with E-state index in [4.69, 9.17) is 4.42 Å². The maximum absolute atomic E-state index is 11.5. The number of pyridine rings is 1. The fourth-order valence-electron chi connectivity index (χ4n) is 1.33.